The van der Waals surface area contributed by atoms with Gasteiger partial charge in [-0.2, -0.15) is 11.8 Å². The van der Waals surface area contributed by atoms with Gasteiger partial charge in [-0.1, -0.05) is 12.1 Å². The van der Waals surface area contributed by atoms with Crippen molar-refractivity contribution in [3.63, 3.8) is 0 Å². The van der Waals surface area contributed by atoms with Crippen molar-refractivity contribution in [1.82, 2.24) is 5.32 Å². The molecule has 1 unspecified atom stereocenters. The predicted molar refractivity (Wildman–Crippen MR) is 78.0 cm³/mol. The summed E-state index contributed by atoms with van der Waals surface area (Å²) in [6.07, 6.45) is 2.44. The van der Waals surface area contributed by atoms with Gasteiger partial charge in [-0.25, -0.2) is 0 Å². The minimum absolute atomic E-state index is 0.132. The smallest absolute Gasteiger partial charge is 0.283 e. The van der Waals surface area contributed by atoms with Crippen LogP contribution in [0.15, 0.2) is 22.7 Å². The van der Waals surface area contributed by atoms with Crippen LogP contribution in [-0.2, 0) is 6.54 Å². The maximum atomic E-state index is 10.8. The van der Waals surface area contributed by atoms with Gasteiger partial charge in [0.25, 0.3) is 5.69 Å². The SMILES string of the molecule is O=[N+]([O-])c1cccc(CNC2CCCSC2)c1Br. The fourth-order valence-corrected chi connectivity index (χ4v) is 3.66. The van der Waals surface area contributed by atoms with Crippen LogP contribution in [0, 0.1) is 10.1 Å². The van der Waals surface area contributed by atoms with E-state index in [4.69, 9.17) is 0 Å². The first kappa shape index (κ1) is 13.8. The lowest BCUT2D eigenvalue weighted by molar-refractivity contribution is -0.385. The molecule has 0 bridgehead atoms. The molecule has 0 amide bonds. The molecule has 0 saturated carbocycles. The van der Waals surface area contributed by atoms with Gasteiger partial charge in [0.15, 0.2) is 0 Å². The van der Waals surface area contributed by atoms with Gasteiger partial charge in [0.2, 0.25) is 0 Å². The van der Waals surface area contributed by atoms with Crippen molar-refractivity contribution in [2.45, 2.75) is 25.4 Å². The molecule has 1 aliphatic rings. The Bertz CT molecular complexity index is 436. The normalized spacial score (nSPS) is 19.7. The Morgan fingerprint density at radius 3 is 3.06 bits per heavy atom. The zero-order valence-electron chi connectivity index (χ0n) is 9.89. The second kappa shape index (κ2) is 6.54. The molecule has 0 aromatic heterocycles. The maximum absolute atomic E-state index is 10.8. The highest BCUT2D eigenvalue weighted by Crippen LogP contribution is 2.28. The lowest BCUT2D eigenvalue weighted by atomic mass is 10.1. The first-order valence-electron chi connectivity index (χ1n) is 5.91. The monoisotopic (exact) mass is 330 g/mol. The van der Waals surface area contributed by atoms with E-state index in [-0.39, 0.29) is 10.6 Å². The van der Waals surface area contributed by atoms with Gasteiger partial charge in [0, 0.05) is 24.4 Å². The second-order valence-electron chi connectivity index (χ2n) is 4.30. The van der Waals surface area contributed by atoms with Crippen LogP contribution in [0.3, 0.4) is 0 Å². The summed E-state index contributed by atoms with van der Waals surface area (Å²) in [7, 11) is 0. The zero-order chi connectivity index (χ0) is 13.0. The van der Waals surface area contributed by atoms with Crippen LogP contribution in [-0.4, -0.2) is 22.5 Å². The second-order valence-corrected chi connectivity index (χ2v) is 6.25. The summed E-state index contributed by atoms with van der Waals surface area (Å²) in [6, 6.07) is 5.69. The van der Waals surface area contributed by atoms with Crippen LogP contribution >= 0.6 is 27.7 Å². The zero-order valence-corrected chi connectivity index (χ0v) is 12.3. The van der Waals surface area contributed by atoms with Crippen molar-refractivity contribution in [3.05, 3.63) is 38.3 Å². The molecule has 1 saturated heterocycles. The fraction of sp³-hybridized carbons (Fsp3) is 0.500. The average molecular weight is 331 g/mol. The van der Waals surface area contributed by atoms with E-state index in [1.807, 2.05) is 17.8 Å². The van der Waals surface area contributed by atoms with Crippen LogP contribution < -0.4 is 5.32 Å². The van der Waals surface area contributed by atoms with Gasteiger partial charge in [-0.05, 0) is 40.1 Å². The van der Waals surface area contributed by atoms with Crippen LogP contribution in [0.25, 0.3) is 0 Å². The number of halogens is 1. The number of nitrogens with zero attached hydrogens (tertiary/aromatic N) is 1. The summed E-state index contributed by atoms with van der Waals surface area (Å²) in [6.45, 7) is 0.674. The molecule has 4 nitrogen and oxygen atoms in total. The number of nitrogens with one attached hydrogen (secondary N) is 1. The third-order valence-electron chi connectivity index (χ3n) is 3.00. The number of nitro groups is 1. The molecule has 0 radical (unpaired) electrons. The molecule has 0 aliphatic carbocycles. The van der Waals surface area contributed by atoms with Gasteiger partial charge >= 0.3 is 0 Å². The van der Waals surface area contributed by atoms with Crippen molar-refractivity contribution in [2.24, 2.45) is 0 Å². The number of nitro benzene ring substituents is 1. The summed E-state index contributed by atoms with van der Waals surface area (Å²) in [5, 5.41) is 14.3. The van der Waals surface area contributed by atoms with Gasteiger partial charge in [-0.3, -0.25) is 10.1 Å². The standard InChI is InChI=1S/C12H15BrN2O2S/c13-12-9(3-1-5-11(12)15(16)17)7-14-10-4-2-6-18-8-10/h1,3,5,10,14H,2,4,6-8H2. The first-order valence-corrected chi connectivity index (χ1v) is 7.86. The number of thioether (sulfide) groups is 1. The molecule has 1 fully saturated rings. The van der Waals surface area contributed by atoms with E-state index in [1.165, 1.54) is 24.7 Å². The number of hydrogen-bond acceptors (Lipinski definition) is 4. The molecule has 1 aromatic carbocycles. The topological polar surface area (TPSA) is 55.2 Å². The van der Waals surface area contributed by atoms with Crippen molar-refractivity contribution >= 4 is 33.4 Å². The van der Waals surface area contributed by atoms with Crippen LogP contribution in [0.5, 0.6) is 0 Å². The van der Waals surface area contributed by atoms with E-state index in [1.54, 1.807) is 6.07 Å². The number of rotatable bonds is 4. The van der Waals surface area contributed by atoms with E-state index in [0.29, 0.717) is 17.1 Å². The lowest BCUT2D eigenvalue weighted by Crippen LogP contribution is -2.33. The van der Waals surface area contributed by atoms with Crippen LogP contribution in [0.1, 0.15) is 18.4 Å². The Morgan fingerprint density at radius 1 is 1.56 bits per heavy atom. The molecular weight excluding hydrogens is 316 g/mol. The highest BCUT2D eigenvalue weighted by atomic mass is 79.9. The molecule has 1 atom stereocenters. The third kappa shape index (κ3) is 3.46. The molecule has 1 N–H and O–H groups in total. The van der Waals surface area contributed by atoms with Gasteiger partial charge in [-0.15, -0.1) is 0 Å². The number of benzene rings is 1. The van der Waals surface area contributed by atoms with E-state index in [2.05, 4.69) is 21.2 Å². The molecule has 0 spiro atoms. The van der Waals surface area contributed by atoms with E-state index < -0.39 is 0 Å². The van der Waals surface area contributed by atoms with Gasteiger partial charge in [0.1, 0.15) is 0 Å². The molecule has 1 heterocycles. The minimum Gasteiger partial charge on any atom is -0.309 e. The van der Waals surface area contributed by atoms with Crippen LogP contribution in [0.4, 0.5) is 5.69 Å². The molecule has 1 aromatic rings. The molecule has 2 rings (SSSR count). The Morgan fingerprint density at radius 2 is 2.39 bits per heavy atom. The quantitative estimate of drug-likeness (QED) is 0.679. The largest absolute Gasteiger partial charge is 0.309 e. The Balaban J connectivity index is 2.00. The Kier molecular flexibility index (Phi) is 5.03. The molecule has 1 aliphatic heterocycles. The highest BCUT2D eigenvalue weighted by molar-refractivity contribution is 9.10. The maximum Gasteiger partial charge on any atom is 0.283 e. The van der Waals surface area contributed by atoms with Crippen molar-refractivity contribution < 1.29 is 4.92 Å². The van der Waals surface area contributed by atoms with Crippen molar-refractivity contribution in [1.29, 1.82) is 0 Å². The molecule has 18 heavy (non-hydrogen) atoms. The van der Waals surface area contributed by atoms with Crippen LogP contribution in [0.2, 0.25) is 0 Å². The molecule has 98 valence electrons. The summed E-state index contributed by atoms with van der Waals surface area (Å²) in [5.41, 5.74) is 1.08. The lowest BCUT2D eigenvalue weighted by Gasteiger charge is -2.22. The Hall–Kier alpha value is -0.590. The Labute approximate surface area is 119 Å². The van der Waals surface area contributed by atoms with Gasteiger partial charge in [0.05, 0.1) is 9.40 Å². The predicted octanol–water partition coefficient (Wildman–Crippen LogP) is 3.34. The minimum atomic E-state index is -0.357. The third-order valence-corrected chi connectivity index (χ3v) is 5.13. The first-order chi connectivity index (χ1) is 8.68. The van der Waals surface area contributed by atoms with Gasteiger partial charge < -0.3 is 5.32 Å². The summed E-state index contributed by atoms with van der Waals surface area (Å²) < 4.78 is 0.589. The summed E-state index contributed by atoms with van der Waals surface area (Å²) >= 11 is 5.29. The van der Waals surface area contributed by atoms with Crippen molar-refractivity contribution in [2.75, 3.05) is 11.5 Å². The summed E-state index contributed by atoms with van der Waals surface area (Å²) in [5.74, 6) is 2.38. The van der Waals surface area contributed by atoms with Crippen molar-refractivity contribution in [3.8, 4) is 0 Å². The average Bonchev–Trinajstić information content (AvgIpc) is 2.38. The van der Waals surface area contributed by atoms with E-state index in [0.717, 1.165) is 11.3 Å². The van der Waals surface area contributed by atoms with E-state index >= 15 is 0 Å². The summed E-state index contributed by atoms with van der Waals surface area (Å²) in [4.78, 5) is 10.5. The molecular formula is C12H15BrN2O2S. The fourth-order valence-electron chi connectivity index (χ4n) is 2.00. The van der Waals surface area contributed by atoms with E-state index in [9.17, 15) is 10.1 Å². The highest BCUT2D eigenvalue weighted by Gasteiger charge is 2.17. The number of hydrogen-bond donors (Lipinski definition) is 1. The molecule has 6 heteroatoms.